The van der Waals surface area contributed by atoms with Crippen molar-refractivity contribution in [3.8, 4) is 11.8 Å². The number of ether oxygens (including phenoxy) is 2. The number of carbonyl (C=O) groups is 1. The zero-order chi connectivity index (χ0) is 15.2. The lowest BCUT2D eigenvalue weighted by Crippen LogP contribution is -2.28. The molecule has 0 aromatic carbocycles. The van der Waals surface area contributed by atoms with Gasteiger partial charge in [-0.05, 0) is 12.3 Å². The lowest BCUT2D eigenvalue weighted by Gasteiger charge is -2.07. The van der Waals surface area contributed by atoms with Gasteiger partial charge in [0.05, 0.1) is 13.2 Å². The van der Waals surface area contributed by atoms with Gasteiger partial charge in [-0.1, -0.05) is 27.7 Å². The highest BCUT2D eigenvalue weighted by molar-refractivity contribution is 5.77. The van der Waals surface area contributed by atoms with Crippen LogP contribution in [-0.2, 0) is 14.3 Å². The SMILES string of the molecule is CC(C)C#CCCNC(=O)COCCOCCC(C)C.[HH]. The van der Waals surface area contributed by atoms with Crippen LogP contribution >= 0.6 is 0 Å². The largest absolute Gasteiger partial charge is 0.379 e. The second-order valence-corrected chi connectivity index (χ2v) is 5.42. The van der Waals surface area contributed by atoms with Crippen LogP contribution in [0, 0.1) is 23.7 Å². The molecular formula is C16H31NO3. The highest BCUT2D eigenvalue weighted by Crippen LogP contribution is 1.98. The van der Waals surface area contributed by atoms with E-state index in [0.29, 0.717) is 38.0 Å². The maximum absolute atomic E-state index is 11.4. The Morgan fingerprint density at radius 1 is 1.15 bits per heavy atom. The molecule has 118 valence electrons. The number of amides is 1. The van der Waals surface area contributed by atoms with E-state index in [1.54, 1.807) is 0 Å². The fraction of sp³-hybridized carbons (Fsp3) is 0.812. The van der Waals surface area contributed by atoms with Crippen molar-refractivity contribution in [3.05, 3.63) is 0 Å². The van der Waals surface area contributed by atoms with Gasteiger partial charge >= 0.3 is 0 Å². The zero-order valence-corrected chi connectivity index (χ0v) is 13.3. The van der Waals surface area contributed by atoms with Crippen LogP contribution in [0.5, 0.6) is 0 Å². The normalized spacial score (nSPS) is 10.5. The standard InChI is InChI=1S/C16H29NO3.H2/c1-14(2)7-5-6-9-17-16(18)13-20-12-11-19-10-8-15(3)4;/h14-15H,6,8-13H2,1-4H3,(H,17,18);1H. The van der Waals surface area contributed by atoms with Crippen molar-refractivity contribution in [3.63, 3.8) is 0 Å². The Morgan fingerprint density at radius 2 is 1.85 bits per heavy atom. The number of rotatable bonds is 10. The molecule has 0 aliphatic carbocycles. The van der Waals surface area contributed by atoms with Crippen LogP contribution in [0.3, 0.4) is 0 Å². The fourth-order valence-electron chi connectivity index (χ4n) is 1.30. The van der Waals surface area contributed by atoms with Gasteiger partial charge in [-0.2, -0.15) is 0 Å². The predicted molar refractivity (Wildman–Crippen MR) is 83.4 cm³/mol. The third-order valence-electron chi connectivity index (χ3n) is 2.41. The van der Waals surface area contributed by atoms with Gasteiger partial charge in [-0.3, -0.25) is 4.79 Å². The number of hydrogen-bond acceptors (Lipinski definition) is 3. The summed E-state index contributed by atoms with van der Waals surface area (Å²) >= 11 is 0. The Morgan fingerprint density at radius 3 is 2.50 bits per heavy atom. The van der Waals surface area contributed by atoms with E-state index in [1.807, 2.05) is 13.8 Å². The van der Waals surface area contributed by atoms with Gasteiger partial charge in [-0.25, -0.2) is 0 Å². The molecule has 0 aliphatic heterocycles. The van der Waals surface area contributed by atoms with E-state index >= 15 is 0 Å². The summed E-state index contributed by atoms with van der Waals surface area (Å²) in [5.74, 6) is 7.00. The van der Waals surface area contributed by atoms with Crippen LogP contribution < -0.4 is 5.32 Å². The maximum atomic E-state index is 11.4. The second-order valence-electron chi connectivity index (χ2n) is 5.42. The van der Waals surface area contributed by atoms with E-state index in [-0.39, 0.29) is 13.9 Å². The van der Waals surface area contributed by atoms with Crippen LogP contribution in [0.25, 0.3) is 0 Å². The summed E-state index contributed by atoms with van der Waals surface area (Å²) in [5.41, 5.74) is 0. The minimum Gasteiger partial charge on any atom is -0.379 e. The Bertz CT molecular complexity index is 308. The monoisotopic (exact) mass is 285 g/mol. The van der Waals surface area contributed by atoms with E-state index < -0.39 is 0 Å². The van der Waals surface area contributed by atoms with Gasteiger partial charge in [0.15, 0.2) is 0 Å². The minimum absolute atomic E-state index is 0. The molecule has 1 amide bonds. The van der Waals surface area contributed by atoms with Crippen molar-refractivity contribution in [1.82, 2.24) is 5.32 Å². The first-order valence-electron chi connectivity index (χ1n) is 7.43. The zero-order valence-electron chi connectivity index (χ0n) is 13.3. The molecule has 1 N–H and O–H groups in total. The third-order valence-corrected chi connectivity index (χ3v) is 2.41. The molecule has 0 aromatic heterocycles. The maximum Gasteiger partial charge on any atom is 0.246 e. The molecule has 0 aromatic rings. The second kappa shape index (κ2) is 13.0. The highest BCUT2D eigenvalue weighted by atomic mass is 16.5. The predicted octanol–water partition coefficient (Wildman–Crippen LogP) is 2.48. The summed E-state index contributed by atoms with van der Waals surface area (Å²) in [6.07, 6.45) is 1.74. The van der Waals surface area contributed by atoms with Gasteiger partial charge < -0.3 is 14.8 Å². The average molecular weight is 285 g/mol. The van der Waals surface area contributed by atoms with E-state index in [1.165, 1.54) is 0 Å². The molecular weight excluding hydrogens is 254 g/mol. The minimum atomic E-state index is -0.0986. The Kier molecular flexibility index (Phi) is 12.3. The highest BCUT2D eigenvalue weighted by Gasteiger charge is 2.00. The summed E-state index contributed by atoms with van der Waals surface area (Å²) < 4.78 is 10.6. The number of nitrogens with one attached hydrogen (secondary N) is 1. The molecule has 20 heavy (non-hydrogen) atoms. The van der Waals surface area contributed by atoms with Crippen LogP contribution in [-0.4, -0.2) is 38.9 Å². The molecule has 0 heterocycles. The molecule has 0 fully saturated rings. The van der Waals surface area contributed by atoms with Gasteiger partial charge in [0.1, 0.15) is 6.61 Å². The Hall–Kier alpha value is -1.05. The molecule has 0 bridgehead atoms. The Balaban J connectivity index is 0. The summed E-state index contributed by atoms with van der Waals surface area (Å²) in [6.45, 7) is 10.8. The average Bonchev–Trinajstić information content (AvgIpc) is 2.36. The smallest absolute Gasteiger partial charge is 0.246 e. The van der Waals surface area contributed by atoms with Gasteiger partial charge in [0, 0.05) is 26.9 Å². The fourth-order valence-corrected chi connectivity index (χ4v) is 1.30. The lowest BCUT2D eigenvalue weighted by atomic mass is 10.1. The molecule has 0 unspecified atom stereocenters. The molecule has 4 nitrogen and oxygen atoms in total. The molecule has 4 heteroatoms. The first-order chi connectivity index (χ1) is 9.52. The van der Waals surface area contributed by atoms with Crippen molar-refractivity contribution in [2.24, 2.45) is 11.8 Å². The number of carbonyl (C=O) groups excluding carboxylic acids is 1. The van der Waals surface area contributed by atoms with E-state index in [0.717, 1.165) is 13.0 Å². The van der Waals surface area contributed by atoms with Crippen molar-refractivity contribution in [2.45, 2.75) is 40.5 Å². The molecule has 0 radical (unpaired) electrons. The summed E-state index contributed by atoms with van der Waals surface area (Å²) in [6, 6.07) is 0. The number of hydrogen-bond donors (Lipinski definition) is 1. The summed E-state index contributed by atoms with van der Waals surface area (Å²) in [7, 11) is 0. The molecule has 0 rings (SSSR count). The first kappa shape index (κ1) is 18.9. The van der Waals surface area contributed by atoms with Crippen LogP contribution in [0.2, 0.25) is 0 Å². The van der Waals surface area contributed by atoms with Crippen LogP contribution in [0.4, 0.5) is 0 Å². The van der Waals surface area contributed by atoms with E-state index in [9.17, 15) is 4.79 Å². The van der Waals surface area contributed by atoms with Gasteiger partial charge in [0.2, 0.25) is 5.91 Å². The van der Waals surface area contributed by atoms with Crippen LogP contribution in [0.15, 0.2) is 0 Å². The van der Waals surface area contributed by atoms with Crippen molar-refractivity contribution < 1.29 is 15.7 Å². The topological polar surface area (TPSA) is 47.6 Å². The Labute approximate surface area is 125 Å². The van der Waals surface area contributed by atoms with Gasteiger partial charge in [0.25, 0.3) is 0 Å². The van der Waals surface area contributed by atoms with E-state index in [4.69, 9.17) is 9.47 Å². The van der Waals surface area contributed by atoms with Gasteiger partial charge in [-0.15, -0.1) is 11.8 Å². The van der Waals surface area contributed by atoms with Crippen molar-refractivity contribution >= 4 is 5.91 Å². The molecule has 0 saturated carbocycles. The summed E-state index contributed by atoms with van der Waals surface area (Å²) in [5, 5.41) is 2.77. The van der Waals surface area contributed by atoms with E-state index in [2.05, 4.69) is 31.0 Å². The van der Waals surface area contributed by atoms with Crippen LogP contribution in [0.1, 0.15) is 42.0 Å². The third kappa shape index (κ3) is 15.0. The van der Waals surface area contributed by atoms with Crippen molar-refractivity contribution in [1.29, 1.82) is 0 Å². The quantitative estimate of drug-likeness (QED) is 0.495. The molecule has 0 aliphatic rings. The summed E-state index contributed by atoms with van der Waals surface area (Å²) in [4.78, 5) is 11.4. The molecule has 0 spiro atoms. The first-order valence-corrected chi connectivity index (χ1v) is 7.43. The van der Waals surface area contributed by atoms with Crippen molar-refractivity contribution in [2.75, 3.05) is 33.0 Å². The lowest BCUT2D eigenvalue weighted by molar-refractivity contribution is -0.126. The molecule has 0 atom stereocenters. The molecule has 0 saturated heterocycles.